The number of halogens is 1. The van der Waals surface area contributed by atoms with E-state index in [-0.39, 0.29) is 16.6 Å². The number of rotatable bonds is 6. The van der Waals surface area contributed by atoms with Crippen molar-refractivity contribution in [1.29, 1.82) is 0 Å². The van der Waals surface area contributed by atoms with E-state index >= 15 is 0 Å². The van der Waals surface area contributed by atoms with Gasteiger partial charge >= 0.3 is 0 Å². The van der Waals surface area contributed by atoms with Crippen LogP contribution < -0.4 is 4.90 Å². The maximum atomic E-state index is 13.2. The molecule has 1 fully saturated rings. The molecule has 2 aromatic rings. The van der Waals surface area contributed by atoms with Gasteiger partial charge < -0.3 is 14.2 Å². The van der Waals surface area contributed by atoms with E-state index in [4.69, 9.17) is 16.6 Å². The summed E-state index contributed by atoms with van der Waals surface area (Å²) in [6.07, 6.45) is 1.46. The van der Waals surface area contributed by atoms with Gasteiger partial charge in [0.2, 0.25) is 11.8 Å². The van der Waals surface area contributed by atoms with Crippen LogP contribution in [0.1, 0.15) is 24.3 Å². The molecule has 128 valence electrons. The van der Waals surface area contributed by atoms with Crippen LogP contribution in [0.3, 0.4) is 0 Å². The first-order valence-corrected chi connectivity index (χ1v) is 8.32. The molecule has 1 N–H and O–H groups in total. The van der Waals surface area contributed by atoms with Crippen LogP contribution in [0.4, 0.5) is 4.39 Å². The number of aromatic nitrogens is 2. The van der Waals surface area contributed by atoms with Crippen LogP contribution >= 0.6 is 12.2 Å². The van der Waals surface area contributed by atoms with Crippen LogP contribution in [0.5, 0.6) is 0 Å². The first-order valence-electron chi connectivity index (χ1n) is 7.91. The smallest absolute Gasteiger partial charge is 0.291 e. The fourth-order valence-electron chi connectivity index (χ4n) is 2.85. The molecule has 1 saturated heterocycles. The summed E-state index contributed by atoms with van der Waals surface area (Å²) in [6, 6.07) is 6.54. The molecule has 24 heavy (non-hydrogen) atoms. The van der Waals surface area contributed by atoms with Crippen LogP contribution in [0.25, 0.3) is 0 Å². The number of amides is 1. The Hall–Kier alpha value is -2.06. The van der Waals surface area contributed by atoms with Crippen molar-refractivity contribution in [1.82, 2.24) is 14.7 Å². The lowest BCUT2D eigenvalue weighted by molar-refractivity contribution is -0.917. The largest absolute Gasteiger partial charge is 0.412 e. The first-order chi connectivity index (χ1) is 11.5. The standard InChI is InChI=1S/C16H19FN4O2S/c1-19(9-12-4-2-5-13(17)8-12)11-21-16(24)23-14(18-21)10-20-7-3-6-15(20)22/h2,4-5,8H,3,6-7,9-11H2,1H3/p+1. The van der Waals surface area contributed by atoms with Crippen molar-refractivity contribution in [2.24, 2.45) is 0 Å². The quantitative estimate of drug-likeness (QED) is 0.793. The summed E-state index contributed by atoms with van der Waals surface area (Å²) in [5.74, 6) is 0.337. The monoisotopic (exact) mass is 351 g/mol. The molecule has 1 amide bonds. The van der Waals surface area contributed by atoms with Gasteiger partial charge in [-0.2, -0.15) is 4.68 Å². The lowest BCUT2D eigenvalue weighted by atomic mass is 10.2. The summed E-state index contributed by atoms with van der Waals surface area (Å²) >= 11 is 5.20. The van der Waals surface area contributed by atoms with Gasteiger partial charge in [-0.05, 0) is 30.8 Å². The Morgan fingerprint density at radius 3 is 3.00 bits per heavy atom. The Bertz CT molecular complexity index is 788. The van der Waals surface area contributed by atoms with Crippen molar-refractivity contribution in [2.45, 2.75) is 32.6 Å². The van der Waals surface area contributed by atoms with Gasteiger partial charge in [0.25, 0.3) is 4.84 Å². The Balaban J connectivity index is 1.62. The SMILES string of the molecule is C[NH+](Cc1cccc(F)c1)Cn1nc(CN2CCCC2=O)oc1=S. The highest BCUT2D eigenvalue weighted by Gasteiger charge is 2.22. The van der Waals surface area contributed by atoms with Gasteiger partial charge in [-0.3, -0.25) is 4.79 Å². The van der Waals surface area contributed by atoms with E-state index < -0.39 is 0 Å². The third kappa shape index (κ3) is 4.07. The van der Waals surface area contributed by atoms with Crippen molar-refractivity contribution in [3.63, 3.8) is 0 Å². The summed E-state index contributed by atoms with van der Waals surface area (Å²) in [5.41, 5.74) is 0.908. The number of hydrogen-bond donors (Lipinski definition) is 1. The minimum Gasteiger partial charge on any atom is -0.412 e. The molecule has 6 nitrogen and oxygen atoms in total. The van der Waals surface area contributed by atoms with Crippen molar-refractivity contribution in [3.05, 3.63) is 46.4 Å². The fourth-order valence-corrected chi connectivity index (χ4v) is 3.06. The average Bonchev–Trinajstić information content (AvgIpc) is 3.06. The predicted molar refractivity (Wildman–Crippen MR) is 87.0 cm³/mol. The molecule has 0 aliphatic carbocycles. The highest BCUT2D eigenvalue weighted by molar-refractivity contribution is 7.71. The van der Waals surface area contributed by atoms with Gasteiger partial charge in [0.15, 0.2) is 6.67 Å². The highest BCUT2D eigenvalue weighted by atomic mass is 32.1. The van der Waals surface area contributed by atoms with Gasteiger partial charge in [-0.15, -0.1) is 5.10 Å². The summed E-state index contributed by atoms with van der Waals surface area (Å²) in [6.45, 7) is 2.25. The van der Waals surface area contributed by atoms with E-state index in [2.05, 4.69) is 5.10 Å². The predicted octanol–water partition coefficient (Wildman–Crippen LogP) is 1.14. The first kappa shape index (κ1) is 16.8. The number of carbonyl (C=O) groups is 1. The van der Waals surface area contributed by atoms with E-state index in [1.165, 1.54) is 12.1 Å². The molecule has 1 aliphatic heterocycles. The van der Waals surface area contributed by atoms with Crippen LogP contribution in [-0.4, -0.2) is 34.2 Å². The maximum Gasteiger partial charge on any atom is 0.291 e. The summed E-state index contributed by atoms with van der Waals surface area (Å²) < 4.78 is 20.4. The summed E-state index contributed by atoms with van der Waals surface area (Å²) in [5, 5.41) is 4.36. The summed E-state index contributed by atoms with van der Waals surface area (Å²) in [7, 11) is 1.98. The third-order valence-electron chi connectivity index (χ3n) is 3.96. The molecule has 8 heteroatoms. The Morgan fingerprint density at radius 2 is 2.29 bits per heavy atom. The van der Waals surface area contributed by atoms with E-state index in [0.717, 1.165) is 23.4 Å². The summed E-state index contributed by atoms with van der Waals surface area (Å²) in [4.78, 5) is 14.8. The number of quaternary nitrogens is 1. The second-order valence-corrected chi connectivity index (χ2v) is 6.45. The molecule has 0 radical (unpaired) electrons. The Kier molecular flexibility index (Phi) is 5.06. The topological polar surface area (TPSA) is 55.7 Å². The second-order valence-electron chi connectivity index (χ2n) is 6.10. The van der Waals surface area contributed by atoms with Crippen molar-refractivity contribution < 1.29 is 18.5 Å². The van der Waals surface area contributed by atoms with Gasteiger partial charge in [-0.1, -0.05) is 12.1 Å². The molecule has 2 heterocycles. The number of benzene rings is 1. The molecule has 1 unspecified atom stereocenters. The van der Waals surface area contributed by atoms with Crippen LogP contribution in [0, 0.1) is 10.7 Å². The van der Waals surface area contributed by atoms with Crippen molar-refractivity contribution in [3.8, 4) is 0 Å². The van der Waals surface area contributed by atoms with Gasteiger partial charge in [-0.25, -0.2) is 4.39 Å². The van der Waals surface area contributed by atoms with Crippen LogP contribution in [0.15, 0.2) is 28.7 Å². The number of carbonyl (C=O) groups excluding carboxylic acids is 1. The van der Waals surface area contributed by atoms with E-state index in [0.29, 0.717) is 32.1 Å². The van der Waals surface area contributed by atoms with Crippen LogP contribution in [-0.2, 0) is 24.6 Å². The molecular formula is C16H20FN4O2S+. The Labute approximate surface area is 144 Å². The average molecular weight is 351 g/mol. The molecule has 0 bridgehead atoms. The maximum absolute atomic E-state index is 13.2. The van der Waals surface area contributed by atoms with Gasteiger partial charge in [0.05, 0.1) is 13.6 Å². The van der Waals surface area contributed by atoms with Crippen molar-refractivity contribution in [2.75, 3.05) is 13.6 Å². The molecule has 0 spiro atoms. The lowest BCUT2D eigenvalue weighted by Crippen LogP contribution is -3.07. The molecule has 1 aliphatic rings. The molecule has 1 aromatic heterocycles. The minimum absolute atomic E-state index is 0.125. The zero-order chi connectivity index (χ0) is 17.1. The fraction of sp³-hybridized carbons (Fsp3) is 0.438. The molecule has 3 rings (SSSR count). The zero-order valence-electron chi connectivity index (χ0n) is 13.5. The lowest BCUT2D eigenvalue weighted by Gasteiger charge is -2.13. The minimum atomic E-state index is -0.240. The van der Waals surface area contributed by atoms with Gasteiger partial charge in [0.1, 0.15) is 12.4 Å². The second kappa shape index (κ2) is 7.23. The van der Waals surface area contributed by atoms with E-state index in [9.17, 15) is 9.18 Å². The zero-order valence-corrected chi connectivity index (χ0v) is 14.3. The van der Waals surface area contributed by atoms with Gasteiger partial charge in [0, 0.05) is 18.5 Å². The molecule has 0 saturated carbocycles. The van der Waals surface area contributed by atoms with Crippen LogP contribution in [0.2, 0.25) is 0 Å². The van der Waals surface area contributed by atoms with Crippen molar-refractivity contribution >= 4 is 18.1 Å². The Morgan fingerprint density at radius 1 is 1.46 bits per heavy atom. The number of nitrogens with one attached hydrogen (secondary N) is 1. The number of likely N-dealkylation sites (tertiary alicyclic amines) is 1. The van der Waals surface area contributed by atoms with E-state index in [1.807, 2.05) is 13.1 Å². The normalized spacial score (nSPS) is 15.9. The number of nitrogens with zero attached hydrogens (tertiary/aromatic N) is 3. The molecular weight excluding hydrogens is 331 g/mol. The van der Waals surface area contributed by atoms with E-state index in [1.54, 1.807) is 15.6 Å². The number of hydrogen-bond acceptors (Lipinski definition) is 4. The highest BCUT2D eigenvalue weighted by Crippen LogP contribution is 2.13. The molecule has 1 aromatic carbocycles. The third-order valence-corrected chi connectivity index (χ3v) is 4.25. The molecule has 1 atom stereocenters.